The Kier molecular flexibility index (Phi) is 5.29. The first-order valence-corrected chi connectivity index (χ1v) is 8.02. The quantitative estimate of drug-likeness (QED) is 0.831. The highest BCUT2D eigenvalue weighted by molar-refractivity contribution is 8.01. The van der Waals surface area contributed by atoms with Crippen LogP contribution >= 0.6 is 11.8 Å². The summed E-state index contributed by atoms with van der Waals surface area (Å²) in [5.41, 5.74) is 6.09. The number of hydrogen-bond donors (Lipinski definition) is 2. The van der Waals surface area contributed by atoms with Crippen LogP contribution in [0.4, 0.5) is 15.8 Å². The smallest absolute Gasteiger partial charge is 0.237 e. The molecule has 0 saturated heterocycles. The van der Waals surface area contributed by atoms with Crippen molar-refractivity contribution in [3.63, 3.8) is 0 Å². The summed E-state index contributed by atoms with van der Waals surface area (Å²) in [7, 11) is 0. The molecule has 0 bridgehead atoms. The van der Waals surface area contributed by atoms with Crippen LogP contribution in [0.3, 0.4) is 0 Å². The molecule has 1 aliphatic carbocycles. The molecule has 1 aromatic carbocycles. The molecule has 1 unspecified atom stereocenters. The lowest BCUT2D eigenvalue weighted by Crippen LogP contribution is -2.25. The van der Waals surface area contributed by atoms with E-state index < -0.39 is 5.82 Å². The van der Waals surface area contributed by atoms with E-state index in [1.54, 1.807) is 11.8 Å². The van der Waals surface area contributed by atoms with E-state index in [1.165, 1.54) is 50.3 Å². The summed E-state index contributed by atoms with van der Waals surface area (Å²) in [6.45, 7) is 1.92. The van der Waals surface area contributed by atoms with Crippen LogP contribution in [-0.4, -0.2) is 16.4 Å². The Balaban J connectivity index is 1.88. The first kappa shape index (κ1) is 15.2. The van der Waals surface area contributed by atoms with Crippen LogP contribution in [0, 0.1) is 5.82 Å². The van der Waals surface area contributed by atoms with Crippen molar-refractivity contribution in [2.45, 2.75) is 49.5 Å². The van der Waals surface area contributed by atoms with Crippen molar-refractivity contribution >= 4 is 29.0 Å². The second kappa shape index (κ2) is 6.97. The summed E-state index contributed by atoms with van der Waals surface area (Å²) in [6, 6.07) is 4.25. The molecule has 5 heteroatoms. The predicted molar refractivity (Wildman–Crippen MR) is 83.4 cm³/mol. The Morgan fingerprint density at radius 1 is 1.40 bits per heavy atom. The minimum absolute atomic E-state index is 0.0495. The molecule has 0 heterocycles. The molecule has 1 saturated carbocycles. The van der Waals surface area contributed by atoms with Gasteiger partial charge in [-0.05, 0) is 38.0 Å². The van der Waals surface area contributed by atoms with Crippen LogP contribution in [0.1, 0.15) is 39.0 Å². The molecule has 0 radical (unpaired) electrons. The van der Waals surface area contributed by atoms with Gasteiger partial charge in [0.15, 0.2) is 0 Å². The van der Waals surface area contributed by atoms with E-state index in [-0.39, 0.29) is 16.8 Å². The SMILES string of the molecule is CC(SC1CCCCC1)C(=O)Nc1ccc(F)c(N)c1. The lowest BCUT2D eigenvalue weighted by molar-refractivity contribution is -0.115. The molecule has 1 aliphatic rings. The summed E-state index contributed by atoms with van der Waals surface area (Å²) in [5.74, 6) is -0.515. The van der Waals surface area contributed by atoms with Gasteiger partial charge in [-0.3, -0.25) is 4.79 Å². The normalized spacial score (nSPS) is 17.7. The Morgan fingerprint density at radius 3 is 2.75 bits per heavy atom. The number of carbonyl (C=O) groups is 1. The van der Waals surface area contributed by atoms with Gasteiger partial charge in [0.1, 0.15) is 5.82 Å². The largest absolute Gasteiger partial charge is 0.396 e. The number of benzene rings is 1. The average molecular weight is 296 g/mol. The zero-order chi connectivity index (χ0) is 14.5. The maximum absolute atomic E-state index is 13.1. The summed E-state index contributed by atoms with van der Waals surface area (Å²) < 4.78 is 13.1. The van der Waals surface area contributed by atoms with Gasteiger partial charge in [0.2, 0.25) is 5.91 Å². The Labute approximate surface area is 123 Å². The Hall–Kier alpha value is -1.23. The zero-order valence-corrected chi connectivity index (χ0v) is 12.5. The number of anilines is 2. The lowest BCUT2D eigenvalue weighted by atomic mass is 10.0. The standard InChI is InChI=1S/C15H21FN2OS/c1-10(20-12-5-3-2-4-6-12)15(19)18-11-7-8-13(16)14(17)9-11/h7-10,12H,2-6,17H2,1H3,(H,18,19). The van der Waals surface area contributed by atoms with Gasteiger partial charge < -0.3 is 11.1 Å². The van der Waals surface area contributed by atoms with Crippen molar-refractivity contribution < 1.29 is 9.18 Å². The van der Waals surface area contributed by atoms with Crippen LogP contribution in [0.5, 0.6) is 0 Å². The van der Waals surface area contributed by atoms with E-state index in [0.29, 0.717) is 10.9 Å². The van der Waals surface area contributed by atoms with Crippen LogP contribution < -0.4 is 11.1 Å². The number of amides is 1. The molecule has 1 aromatic rings. The fraction of sp³-hybridized carbons (Fsp3) is 0.533. The topological polar surface area (TPSA) is 55.1 Å². The highest BCUT2D eigenvalue weighted by Gasteiger charge is 2.21. The number of nitrogen functional groups attached to an aromatic ring is 1. The molecular formula is C15H21FN2OS. The molecule has 2 rings (SSSR count). The summed E-state index contributed by atoms with van der Waals surface area (Å²) >= 11 is 1.74. The van der Waals surface area contributed by atoms with Crippen molar-refractivity contribution in [2.75, 3.05) is 11.1 Å². The fourth-order valence-corrected chi connectivity index (χ4v) is 3.78. The molecule has 1 atom stereocenters. The van der Waals surface area contributed by atoms with Gasteiger partial charge in [-0.15, -0.1) is 11.8 Å². The van der Waals surface area contributed by atoms with Gasteiger partial charge in [0.25, 0.3) is 0 Å². The number of nitrogens with two attached hydrogens (primary N) is 1. The molecular weight excluding hydrogens is 275 g/mol. The number of halogens is 1. The maximum atomic E-state index is 13.1. The fourth-order valence-electron chi connectivity index (χ4n) is 2.42. The first-order valence-electron chi connectivity index (χ1n) is 7.07. The monoisotopic (exact) mass is 296 g/mol. The van der Waals surface area contributed by atoms with Gasteiger partial charge in [-0.25, -0.2) is 4.39 Å². The van der Waals surface area contributed by atoms with Crippen LogP contribution in [-0.2, 0) is 4.79 Å². The van der Waals surface area contributed by atoms with E-state index in [2.05, 4.69) is 5.32 Å². The first-order chi connectivity index (χ1) is 9.56. The summed E-state index contributed by atoms with van der Waals surface area (Å²) in [5, 5.41) is 3.27. The minimum Gasteiger partial charge on any atom is -0.396 e. The third-order valence-corrected chi connectivity index (χ3v) is 5.06. The lowest BCUT2D eigenvalue weighted by Gasteiger charge is -2.23. The predicted octanol–water partition coefficient (Wildman–Crippen LogP) is 3.80. The van der Waals surface area contributed by atoms with Gasteiger partial charge in [-0.2, -0.15) is 0 Å². The molecule has 1 fully saturated rings. The second-order valence-corrected chi connectivity index (χ2v) is 6.91. The molecule has 3 N–H and O–H groups in total. The molecule has 0 aromatic heterocycles. The van der Waals surface area contributed by atoms with E-state index in [9.17, 15) is 9.18 Å². The molecule has 1 amide bonds. The zero-order valence-electron chi connectivity index (χ0n) is 11.7. The number of hydrogen-bond acceptors (Lipinski definition) is 3. The highest BCUT2D eigenvalue weighted by atomic mass is 32.2. The van der Waals surface area contributed by atoms with Crippen molar-refractivity contribution in [2.24, 2.45) is 0 Å². The minimum atomic E-state index is -0.465. The van der Waals surface area contributed by atoms with Crippen molar-refractivity contribution in [3.05, 3.63) is 24.0 Å². The van der Waals surface area contributed by atoms with Gasteiger partial charge in [0.05, 0.1) is 10.9 Å². The Morgan fingerprint density at radius 2 is 2.10 bits per heavy atom. The Bertz CT molecular complexity index is 475. The number of thioether (sulfide) groups is 1. The highest BCUT2D eigenvalue weighted by Crippen LogP contribution is 2.31. The maximum Gasteiger partial charge on any atom is 0.237 e. The van der Waals surface area contributed by atoms with Gasteiger partial charge in [-0.1, -0.05) is 19.3 Å². The molecule has 20 heavy (non-hydrogen) atoms. The molecule has 0 aliphatic heterocycles. The third-order valence-electron chi connectivity index (χ3n) is 3.58. The summed E-state index contributed by atoms with van der Waals surface area (Å²) in [6.07, 6.45) is 6.24. The van der Waals surface area contributed by atoms with Crippen LogP contribution in [0.15, 0.2) is 18.2 Å². The van der Waals surface area contributed by atoms with Crippen molar-refractivity contribution in [1.29, 1.82) is 0 Å². The van der Waals surface area contributed by atoms with Crippen molar-refractivity contribution in [3.8, 4) is 0 Å². The molecule has 0 spiro atoms. The van der Waals surface area contributed by atoms with Crippen LogP contribution in [0.25, 0.3) is 0 Å². The summed E-state index contributed by atoms with van der Waals surface area (Å²) in [4.78, 5) is 12.1. The van der Waals surface area contributed by atoms with Gasteiger partial charge in [0, 0.05) is 10.9 Å². The molecule has 110 valence electrons. The van der Waals surface area contributed by atoms with E-state index in [1.807, 2.05) is 6.92 Å². The van der Waals surface area contributed by atoms with E-state index in [0.717, 1.165) is 0 Å². The van der Waals surface area contributed by atoms with E-state index in [4.69, 9.17) is 5.73 Å². The van der Waals surface area contributed by atoms with Crippen LogP contribution in [0.2, 0.25) is 0 Å². The second-order valence-electron chi connectivity index (χ2n) is 5.26. The molecule has 3 nitrogen and oxygen atoms in total. The van der Waals surface area contributed by atoms with E-state index >= 15 is 0 Å². The third kappa shape index (κ3) is 4.13. The number of nitrogens with one attached hydrogen (secondary N) is 1. The number of carbonyl (C=O) groups excluding carboxylic acids is 1. The van der Waals surface area contributed by atoms with Gasteiger partial charge >= 0.3 is 0 Å². The average Bonchev–Trinajstić information content (AvgIpc) is 2.44. The van der Waals surface area contributed by atoms with Crippen molar-refractivity contribution in [1.82, 2.24) is 0 Å². The number of rotatable bonds is 4.